The van der Waals surface area contributed by atoms with Crippen LogP contribution in [0, 0.1) is 11.3 Å². The van der Waals surface area contributed by atoms with Crippen molar-refractivity contribution in [3.8, 4) is 0 Å². The van der Waals surface area contributed by atoms with Crippen LogP contribution in [-0.2, 0) is 0 Å². The number of nitrogens with one attached hydrogen (secondary N) is 1. The standard InChI is InChI=1S/C19H36N2/c1-16(2)13-21(18-7-3-4-8-18)15-19(11-5-6-12-19)14-20-17-9-10-17/h16-18,20H,3-15H2,1-2H3. The van der Waals surface area contributed by atoms with Crippen LogP contribution in [0.2, 0.25) is 0 Å². The molecule has 0 aromatic rings. The lowest BCUT2D eigenvalue weighted by Crippen LogP contribution is -2.47. The molecule has 0 aliphatic heterocycles. The number of hydrogen-bond donors (Lipinski definition) is 1. The molecule has 3 saturated carbocycles. The summed E-state index contributed by atoms with van der Waals surface area (Å²) in [6, 6.07) is 1.76. The van der Waals surface area contributed by atoms with Crippen molar-refractivity contribution >= 4 is 0 Å². The van der Waals surface area contributed by atoms with Crippen molar-refractivity contribution in [1.29, 1.82) is 0 Å². The zero-order chi connectivity index (χ0) is 14.7. The third kappa shape index (κ3) is 4.45. The number of rotatable bonds is 8. The molecule has 122 valence electrons. The van der Waals surface area contributed by atoms with E-state index in [0.717, 1.165) is 18.0 Å². The van der Waals surface area contributed by atoms with Crippen molar-refractivity contribution < 1.29 is 0 Å². The molecule has 3 aliphatic rings. The minimum atomic E-state index is 0.597. The van der Waals surface area contributed by atoms with E-state index in [1.165, 1.54) is 83.8 Å². The second kappa shape index (κ2) is 7.00. The van der Waals surface area contributed by atoms with Gasteiger partial charge in [0.25, 0.3) is 0 Å². The maximum Gasteiger partial charge on any atom is 0.00956 e. The van der Waals surface area contributed by atoms with E-state index >= 15 is 0 Å². The minimum Gasteiger partial charge on any atom is -0.313 e. The number of nitrogens with zero attached hydrogens (tertiary/aromatic N) is 1. The fourth-order valence-electron chi connectivity index (χ4n) is 4.68. The van der Waals surface area contributed by atoms with Gasteiger partial charge in [-0.05, 0) is 49.9 Å². The molecule has 2 nitrogen and oxygen atoms in total. The van der Waals surface area contributed by atoms with Gasteiger partial charge in [0.05, 0.1) is 0 Å². The molecule has 0 unspecified atom stereocenters. The molecule has 21 heavy (non-hydrogen) atoms. The van der Waals surface area contributed by atoms with Crippen LogP contribution < -0.4 is 5.32 Å². The van der Waals surface area contributed by atoms with E-state index in [2.05, 4.69) is 24.1 Å². The second-order valence-electron chi connectivity index (χ2n) is 8.62. The summed E-state index contributed by atoms with van der Waals surface area (Å²) >= 11 is 0. The monoisotopic (exact) mass is 292 g/mol. The second-order valence-corrected chi connectivity index (χ2v) is 8.62. The highest BCUT2D eigenvalue weighted by Crippen LogP contribution is 2.40. The first-order valence-electron chi connectivity index (χ1n) is 9.64. The highest BCUT2D eigenvalue weighted by molar-refractivity contribution is 4.94. The Morgan fingerprint density at radius 2 is 1.67 bits per heavy atom. The maximum atomic E-state index is 3.86. The van der Waals surface area contributed by atoms with E-state index in [-0.39, 0.29) is 0 Å². The first-order valence-corrected chi connectivity index (χ1v) is 9.64. The molecule has 0 saturated heterocycles. The first kappa shape index (κ1) is 15.8. The predicted molar refractivity (Wildman–Crippen MR) is 90.6 cm³/mol. The zero-order valence-corrected chi connectivity index (χ0v) is 14.4. The molecule has 0 atom stereocenters. The van der Waals surface area contributed by atoms with E-state index in [0.29, 0.717) is 5.41 Å². The molecule has 0 bridgehead atoms. The largest absolute Gasteiger partial charge is 0.313 e. The van der Waals surface area contributed by atoms with Gasteiger partial charge in [-0.25, -0.2) is 0 Å². The molecule has 1 N–H and O–H groups in total. The molecule has 3 aliphatic carbocycles. The Morgan fingerprint density at radius 1 is 1.00 bits per heavy atom. The quantitative estimate of drug-likeness (QED) is 0.721. The van der Waals surface area contributed by atoms with Gasteiger partial charge in [-0.3, -0.25) is 4.90 Å². The lowest BCUT2D eigenvalue weighted by Gasteiger charge is -2.39. The molecule has 0 spiro atoms. The fourth-order valence-corrected chi connectivity index (χ4v) is 4.68. The van der Waals surface area contributed by atoms with E-state index in [4.69, 9.17) is 0 Å². The molecular weight excluding hydrogens is 256 g/mol. The Hall–Kier alpha value is -0.0800. The van der Waals surface area contributed by atoms with Crippen molar-refractivity contribution in [3.63, 3.8) is 0 Å². The van der Waals surface area contributed by atoms with Crippen LogP contribution in [0.5, 0.6) is 0 Å². The molecule has 0 aromatic carbocycles. The summed E-state index contributed by atoms with van der Waals surface area (Å²) in [4.78, 5) is 2.90. The smallest absolute Gasteiger partial charge is 0.00956 e. The van der Waals surface area contributed by atoms with Gasteiger partial charge in [0.1, 0.15) is 0 Å². The van der Waals surface area contributed by atoms with Gasteiger partial charge in [-0.1, -0.05) is 39.5 Å². The fraction of sp³-hybridized carbons (Fsp3) is 1.00. The van der Waals surface area contributed by atoms with Crippen LogP contribution in [0.1, 0.15) is 78.1 Å². The Bertz CT molecular complexity index is 310. The third-order valence-electron chi connectivity index (χ3n) is 5.99. The van der Waals surface area contributed by atoms with Crippen LogP contribution in [0.4, 0.5) is 0 Å². The minimum absolute atomic E-state index is 0.597. The third-order valence-corrected chi connectivity index (χ3v) is 5.99. The van der Waals surface area contributed by atoms with Crippen molar-refractivity contribution in [2.75, 3.05) is 19.6 Å². The zero-order valence-electron chi connectivity index (χ0n) is 14.4. The van der Waals surface area contributed by atoms with Gasteiger partial charge in [-0.15, -0.1) is 0 Å². The van der Waals surface area contributed by atoms with Crippen molar-refractivity contribution in [1.82, 2.24) is 10.2 Å². The average molecular weight is 293 g/mol. The van der Waals surface area contributed by atoms with Crippen LogP contribution in [-0.4, -0.2) is 36.6 Å². The molecule has 0 heterocycles. The van der Waals surface area contributed by atoms with Gasteiger partial charge >= 0.3 is 0 Å². The molecule has 0 radical (unpaired) electrons. The first-order chi connectivity index (χ1) is 10.2. The number of hydrogen-bond acceptors (Lipinski definition) is 2. The van der Waals surface area contributed by atoms with Gasteiger partial charge in [-0.2, -0.15) is 0 Å². The summed E-state index contributed by atoms with van der Waals surface area (Å²) in [5, 5.41) is 3.86. The van der Waals surface area contributed by atoms with Gasteiger partial charge in [0, 0.05) is 31.7 Å². The molecular formula is C19H36N2. The summed E-state index contributed by atoms with van der Waals surface area (Å²) in [5.74, 6) is 0.806. The molecule has 3 rings (SSSR count). The highest BCUT2D eigenvalue weighted by Gasteiger charge is 2.38. The lowest BCUT2D eigenvalue weighted by molar-refractivity contribution is 0.0976. The van der Waals surface area contributed by atoms with Crippen molar-refractivity contribution in [2.45, 2.75) is 90.1 Å². The topological polar surface area (TPSA) is 15.3 Å². The summed E-state index contributed by atoms with van der Waals surface area (Å²) in [5.41, 5.74) is 0.597. The van der Waals surface area contributed by atoms with Crippen LogP contribution in [0.3, 0.4) is 0 Å². The highest BCUT2D eigenvalue weighted by atomic mass is 15.2. The van der Waals surface area contributed by atoms with Gasteiger partial charge in [0.2, 0.25) is 0 Å². The molecule has 3 fully saturated rings. The van der Waals surface area contributed by atoms with E-state index in [1.54, 1.807) is 0 Å². The molecule has 0 amide bonds. The van der Waals surface area contributed by atoms with Crippen molar-refractivity contribution in [3.05, 3.63) is 0 Å². The normalized spacial score (nSPS) is 26.3. The van der Waals surface area contributed by atoms with Crippen LogP contribution in [0.25, 0.3) is 0 Å². The van der Waals surface area contributed by atoms with Crippen molar-refractivity contribution in [2.24, 2.45) is 11.3 Å². The lowest BCUT2D eigenvalue weighted by atomic mass is 9.84. The summed E-state index contributed by atoms with van der Waals surface area (Å²) in [6.07, 6.45) is 14.6. The Kier molecular flexibility index (Phi) is 5.27. The maximum absolute atomic E-state index is 3.86. The predicted octanol–water partition coefficient (Wildman–Crippen LogP) is 4.20. The summed E-state index contributed by atoms with van der Waals surface area (Å²) in [7, 11) is 0. The Balaban J connectivity index is 1.61. The van der Waals surface area contributed by atoms with Crippen LogP contribution >= 0.6 is 0 Å². The molecule has 2 heteroatoms. The molecule has 0 aromatic heterocycles. The average Bonchev–Trinajstić information content (AvgIpc) is 2.93. The van der Waals surface area contributed by atoms with E-state index in [9.17, 15) is 0 Å². The van der Waals surface area contributed by atoms with E-state index in [1.807, 2.05) is 0 Å². The Morgan fingerprint density at radius 3 is 2.24 bits per heavy atom. The summed E-state index contributed by atoms with van der Waals surface area (Å²) in [6.45, 7) is 8.77. The van der Waals surface area contributed by atoms with Gasteiger partial charge < -0.3 is 5.32 Å². The van der Waals surface area contributed by atoms with Gasteiger partial charge in [0.15, 0.2) is 0 Å². The SMILES string of the molecule is CC(C)CN(CC1(CNC2CC2)CCCC1)C1CCCC1. The van der Waals surface area contributed by atoms with E-state index < -0.39 is 0 Å². The summed E-state index contributed by atoms with van der Waals surface area (Å²) < 4.78 is 0. The Labute approximate surface area is 132 Å². The van der Waals surface area contributed by atoms with Crippen LogP contribution in [0.15, 0.2) is 0 Å².